The smallest absolute Gasteiger partial charge is 0.207 e. The Hall–Kier alpha value is -9.44. The molecule has 0 atom stereocenters. The van der Waals surface area contributed by atoms with Crippen LogP contribution in [0, 0.1) is 74.2 Å². The van der Waals surface area contributed by atoms with Crippen molar-refractivity contribution in [3.8, 4) is 0 Å². The highest BCUT2D eigenvalue weighted by atomic mass is 19.2. The molecule has 0 spiro atoms. The molecular formula is C60H38F8N4O4. The number of hydrogen-bond acceptors (Lipinski definition) is 8. The summed E-state index contributed by atoms with van der Waals surface area (Å²) < 4.78 is 150. The van der Waals surface area contributed by atoms with Crippen LogP contribution in [0.2, 0.25) is 0 Å². The number of hydrogen-bond donors (Lipinski definition) is 0. The van der Waals surface area contributed by atoms with Crippen molar-refractivity contribution in [3.05, 3.63) is 227 Å². The number of rotatable bonds is 12. The Bertz CT molecular complexity index is 3630. The fourth-order valence-electron chi connectivity index (χ4n) is 10.2. The van der Waals surface area contributed by atoms with Gasteiger partial charge in [0.25, 0.3) is 0 Å². The van der Waals surface area contributed by atoms with Gasteiger partial charge in [-0.2, -0.15) is 0 Å². The van der Waals surface area contributed by atoms with Gasteiger partial charge in [-0.3, -0.25) is 19.6 Å². The Morgan fingerprint density at radius 2 is 0.461 bits per heavy atom. The van der Waals surface area contributed by atoms with Gasteiger partial charge in [0.15, 0.2) is 0 Å². The van der Waals surface area contributed by atoms with E-state index in [9.17, 15) is 0 Å². The molecule has 4 heterocycles. The standard InChI is InChI=1S/C60H38F8N4O4/c1-31-9-13-73-57(31)69(43-21-35(61)17-36(62)22-43)51-29-52(70(58-32(2)10-14-74-58)44-23-37(63)18-38(64)24-44)48-7-8-50-54(72(60-34(4)12-16-76-60)46-27-41(67)20-42(68)28-46)30-53(49-6-5-47(51)55(48)56(49)50)71(59-33(3)11-15-75-59)45-25-39(65)19-40(66)26-45/h5-30H,1-4H3. The third-order valence-corrected chi connectivity index (χ3v) is 13.3. The minimum Gasteiger partial charge on any atom is -0.448 e. The average Bonchev–Trinajstić information content (AvgIpc) is 4.27. The molecule has 12 aromatic rings. The zero-order valence-electron chi connectivity index (χ0n) is 40.5. The van der Waals surface area contributed by atoms with Crippen molar-refractivity contribution < 1.29 is 52.8 Å². The lowest BCUT2D eigenvalue weighted by Crippen LogP contribution is -2.17. The third-order valence-electron chi connectivity index (χ3n) is 13.3. The van der Waals surface area contributed by atoms with E-state index in [-0.39, 0.29) is 69.0 Å². The van der Waals surface area contributed by atoms with Crippen LogP contribution in [0.25, 0.3) is 32.3 Å². The molecule has 16 heteroatoms. The largest absolute Gasteiger partial charge is 0.448 e. The summed E-state index contributed by atoms with van der Waals surface area (Å²) in [5.41, 5.74) is 3.04. The minimum absolute atomic E-state index is 0.0179. The molecule has 76 heavy (non-hydrogen) atoms. The number of furan rings is 4. The molecule has 0 fully saturated rings. The summed E-state index contributed by atoms with van der Waals surface area (Å²) in [5, 5.41) is 2.47. The van der Waals surface area contributed by atoms with Crippen LogP contribution >= 0.6 is 0 Å². The van der Waals surface area contributed by atoms with Crippen molar-refractivity contribution in [2.24, 2.45) is 0 Å². The normalized spacial score (nSPS) is 11.7. The van der Waals surface area contributed by atoms with E-state index < -0.39 is 46.5 Å². The zero-order valence-corrected chi connectivity index (χ0v) is 40.5. The Morgan fingerprint density at radius 1 is 0.263 bits per heavy atom. The molecule has 0 amide bonds. The quantitative estimate of drug-likeness (QED) is 0.0886. The first kappa shape index (κ1) is 47.6. The first-order valence-electron chi connectivity index (χ1n) is 23.6. The molecule has 0 N–H and O–H groups in total. The van der Waals surface area contributed by atoms with Gasteiger partial charge in [-0.15, -0.1) is 0 Å². The number of halogens is 8. The van der Waals surface area contributed by atoms with E-state index in [0.717, 1.165) is 72.8 Å². The summed E-state index contributed by atoms with van der Waals surface area (Å²) in [5.74, 6) is -6.73. The second-order valence-electron chi connectivity index (χ2n) is 18.4. The van der Waals surface area contributed by atoms with Gasteiger partial charge >= 0.3 is 0 Å². The van der Waals surface area contributed by atoms with Crippen LogP contribution in [-0.4, -0.2) is 0 Å². The summed E-state index contributed by atoms with van der Waals surface area (Å²) in [4.78, 5) is 6.06. The zero-order chi connectivity index (χ0) is 52.8. The van der Waals surface area contributed by atoms with Crippen LogP contribution in [0.15, 0.2) is 176 Å². The molecule has 0 aliphatic carbocycles. The van der Waals surface area contributed by atoms with E-state index in [1.807, 2.05) is 0 Å². The van der Waals surface area contributed by atoms with Gasteiger partial charge < -0.3 is 17.7 Å². The van der Waals surface area contributed by atoms with E-state index in [2.05, 4.69) is 0 Å². The maximum absolute atomic E-state index is 15.6. The maximum atomic E-state index is 15.6. The van der Waals surface area contributed by atoms with Gasteiger partial charge in [-0.05, 0) is 113 Å². The van der Waals surface area contributed by atoms with E-state index in [4.69, 9.17) is 17.7 Å². The van der Waals surface area contributed by atoms with Crippen LogP contribution in [-0.2, 0) is 0 Å². The number of nitrogens with zero attached hydrogens (tertiary/aromatic N) is 4. The molecule has 4 aromatic heterocycles. The molecule has 0 radical (unpaired) electrons. The highest BCUT2D eigenvalue weighted by Gasteiger charge is 2.33. The van der Waals surface area contributed by atoms with Crippen LogP contribution in [0.5, 0.6) is 0 Å². The molecule has 0 saturated heterocycles. The number of anilines is 12. The molecule has 0 aliphatic heterocycles. The van der Waals surface area contributed by atoms with E-state index >= 15 is 35.1 Å². The molecule has 0 bridgehead atoms. The van der Waals surface area contributed by atoms with Crippen molar-refractivity contribution in [3.63, 3.8) is 0 Å². The molecule has 0 unspecified atom stereocenters. The van der Waals surface area contributed by atoms with Gasteiger partial charge in [0.2, 0.25) is 23.5 Å². The van der Waals surface area contributed by atoms with Crippen molar-refractivity contribution in [2.45, 2.75) is 27.7 Å². The summed E-state index contributed by atoms with van der Waals surface area (Å²) >= 11 is 0. The monoisotopic (exact) mass is 1030 g/mol. The van der Waals surface area contributed by atoms with Gasteiger partial charge in [-0.1, -0.05) is 24.3 Å². The highest BCUT2D eigenvalue weighted by molar-refractivity contribution is 6.33. The summed E-state index contributed by atoms with van der Waals surface area (Å²) in [6.45, 7) is 6.97. The van der Waals surface area contributed by atoms with E-state index in [1.165, 1.54) is 44.7 Å². The average molecular weight is 1030 g/mol. The second kappa shape index (κ2) is 18.2. The predicted octanol–water partition coefficient (Wildman–Crippen LogP) is 19.2. The SMILES string of the molecule is Cc1ccoc1N(c1cc(F)cc(F)c1)c1cc(N(c2cc(F)cc(F)c2)c2occc2C)c2ccc3c(N(c4cc(F)cc(F)c4)c4occc4C)cc(N(c4cc(F)cc(F)c4)c4occc4C)c4ccc1c2c43. The van der Waals surface area contributed by atoms with Crippen molar-refractivity contribution in [1.29, 1.82) is 0 Å². The fourth-order valence-corrected chi connectivity index (χ4v) is 10.2. The number of aryl methyl sites for hydroxylation is 4. The van der Waals surface area contributed by atoms with Crippen molar-refractivity contribution in [2.75, 3.05) is 19.6 Å². The molecule has 0 aliphatic rings. The van der Waals surface area contributed by atoms with Gasteiger partial charge in [0, 0.05) is 78.8 Å². The topological polar surface area (TPSA) is 65.5 Å². The summed E-state index contributed by atoms with van der Waals surface area (Å²) in [6, 6.07) is 29.0. The molecule has 8 nitrogen and oxygen atoms in total. The van der Waals surface area contributed by atoms with Crippen molar-refractivity contribution >= 4 is 101 Å². The van der Waals surface area contributed by atoms with Gasteiger partial charge in [-0.25, -0.2) is 35.1 Å². The van der Waals surface area contributed by atoms with Crippen LogP contribution in [0.3, 0.4) is 0 Å². The first-order chi connectivity index (χ1) is 36.6. The minimum atomic E-state index is -0.913. The summed E-state index contributed by atoms with van der Waals surface area (Å²) in [7, 11) is 0. The van der Waals surface area contributed by atoms with Gasteiger partial charge in [0.05, 0.1) is 70.6 Å². The maximum Gasteiger partial charge on any atom is 0.207 e. The lowest BCUT2D eigenvalue weighted by molar-refractivity contribution is 0.566. The Kier molecular flexibility index (Phi) is 11.4. The third kappa shape index (κ3) is 8.00. The van der Waals surface area contributed by atoms with Crippen LogP contribution in [0.1, 0.15) is 22.3 Å². The van der Waals surface area contributed by atoms with Crippen LogP contribution in [0.4, 0.5) is 104 Å². The van der Waals surface area contributed by atoms with E-state index in [0.29, 0.717) is 54.6 Å². The van der Waals surface area contributed by atoms with Crippen LogP contribution < -0.4 is 19.6 Å². The molecule has 8 aromatic carbocycles. The van der Waals surface area contributed by atoms with Gasteiger partial charge in [0.1, 0.15) is 46.5 Å². The molecule has 0 saturated carbocycles. The Labute approximate surface area is 427 Å². The molecular weight excluding hydrogens is 993 g/mol. The molecule has 378 valence electrons. The Morgan fingerprint density at radius 3 is 0.632 bits per heavy atom. The lowest BCUT2D eigenvalue weighted by atomic mass is 9.89. The Balaban J connectivity index is 1.32. The molecule has 12 rings (SSSR count). The fraction of sp³-hybridized carbons (Fsp3) is 0.0667. The summed E-state index contributed by atoms with van der Waals surface area (Å²) in [6.07, 6.45) is 5.66. The number of benzene rings is 8. The van der Waals surface area contributed by atoms with E-state index in [1.54, 1.807) is 88.4 Å². The second-order valence-corrected chi connectivity index (χ2v) is 18.4. The first-order valence-corrected chi connectivity index (χ1v) is 23.6. The predicted molar refractivity (Wildman–Crippen MR) is 277 cm³/mol. The lowest BCUT2D eigenvalue weighted by Gasteiger charge is -2.33. The van der Waals surface area contributed by atoms with Crippen molar-refractivity contribution in [1.82, 2.24) is 0 Å². The highest BCUT2D eigenvalue weighted by Crippen LogP contribution is 2.56.